The van der Waals surface area contributed by atoms with Gasteiger partial charge in [0.25, 0.3) is 0 Å². The van der Waals surface area contributed by atoms with Gasteiger partial charge in [-0.25, -0.2) is 4.79 Å². The van der Waals surface area contributed by atoms with Crippen molar-refractivity contribution >= 4 is 11.9 Å². The molecule has 0 aromatic heterocycles. The van der Waals surface area contributed by atoms with E-state index in [-0.39, 0.29) is 30.4 Å². The number of methoxy groups -OCH3 is 1. The van der Waals surface area contributed by atoms with E-state index in [2.05, 4.69) is 5.32 Å². The Labute approximate surface area is 83.4 Å². The number of nitrogens with zero attached hydrogens (tertiary/aromatic N) is 1. The van der Waals surface area contributed by atoms with E-state index in [0.29, 0.717) is 6.61 Å². The van der Waals surface area contributed by atoms with Gasteiger partial charge in [-0.15, -0.1) is 0 Å². The molecule has 1 fully saturated rings. The fourth-order valence-electron chi connectivity index (χ4n) is 1.54. The number of ether oxygens (including phenoxy) is 1. The Kier molecular flexibility index (Phi) is 3.46. The number of carbonyl (C=O) groups is 2. The lowest BCUT2D eigenvalue weighted by Crippen LogP contribution is -2.43. The van der Waals surface area contributed by atoms with Gasteiger partial charge in [-0.2, -0.15) is 0 Å². The summed E-state index contributed by atoms with van der Waals surface area (Å²) in [5.74, 6) is 0.0309. The van der Waals surface area contributed by atoms with E-state index in [1.54, 1.807) is 7.11 Å². The van der Waals surface area contributed by atoms with E-state index in [1.165, 1.54) is 4.90 Å². The minimum atomic E-state index is -0.314. The van der Waals surface area contributed by atoms with Crippen molar-refractivity contribution in [2.45, 2.75) is 19.9 Å². The second kappa shape index (κ2) is 4.41. The van der Waals surface area contributed by atoms with Crippen LogP contribution in [0.5, 0.6) is 0 Å². The lowest BCUT2D eigenvalue weighted by atomic mass is 10.0. The molecular weight excluding hydrogens is 184 g/mol. The minimum Gasteiger partial charge on any atom is -0.383 e. The summed E-state index contributed by atoms with van der Waals surface area (Å²) in [6, 6.07) is -0.350. The summed E-state index contributed by atoms with van der Waals surface area (Å²) in [7, 11) is 1.59. The molecule has 1 heterocycles. The van der Waals surface area contributed by atoms with Crippen LogP contribution in [0.1, 0.15) is 13.8 Å². The molecule has 0 aromatic rings. The average molecular weight is 200 g/mol. The van der Waals surface area contributed by atoms with Crippen LogP contribution in [0.2, 0.25) is 0 Å². The van der Waals surface area contributed by atoms with Crippen molar-refractivity contribution in [1.29, 1.82) is 0 Å². The lowest BCUT2D eigenvalue weighted by molar-refractivity contribution is -0.118. The summed E-state index contributed by atoms with van der Waals surface area (Å²) in [5.41, 5.74) is 0. The van der Waals surface area contributed by atoms with E-state index < -0.39 is 0 Å². The monoisotopic (exact) mass is 200 g/mol. The highest BCUT2D eigenvalue weighted by molar-refractivity contribution is 6.02. The molecule has 1 saturated heterocycles. The second-order valence-electron chi connectivity index (χ2n) is 3.75. The van der Waals surface area contributed by atoms with Crippen LogP contribution < -0.4 is 5.32 Å². The third-order valence-corrected chi connectivity index (χ3v) is 2.33. The van der Waals surface area contributed by atoms with E-state index in [0.717, 1.165) is 0 Å². The smallest absolute Gasteiger partial charge is 0.324 e. The number of amides is 3. The topological polar surface area (TPSA) is 58.6 Å². The molecule has 1 unspecified atom stereocenters. The zero-order valence-corrected chi connectivity index (χ0v) is 8.74. The number of urea groups is 1. The van der Waals surface area contributed by atoms with Crippen LogP contribution in [0.4, 0.5) is 4.79 Å². The Hall–Kier alpha value is -1.10. The number of imide groups is 1. The number of hydrogen-bond donors (Lipinski definition) is 1. The number of nitrogens with one attached hydrogen (secondary N) is 1. The van der Waals surface area contributed by atoms with Gasteiger partial charge in [0.2, 0.25) is 5.91 Å². The Morgan fingerprint density at radius 1 is 1.50 bits per heavy atom. The van der Waals surface area contributed by atoms with Gasteiger partial charge in [-0.3, -0.25) is 10.1 Å². The van der Waals surface area contributed by atoms with Gasteiger partial charge in [-0.05, 0) is 5.92 Å². The highest BCUT2D eigenvalue weighted by Gasteiger charge is 2.34. The molecule has 14 heavy (non-hydrogen) atoms. The fourth-order valence-corrected chi connectivity index (χ4v) is 1.54. The summed E-state index contributed by atoms with van der Waals surface area (Å²) in [6.07, 6.45) is 0. The quantitative estimate of drug-likeness (QED) is 0.660. The van der Waals surface area contributed by atoms with Crippen molar-refractivity contribution in [1.82, 2.24) is 10.2 Å². The predicted molar refractivity (Wildman–Crippen MR) is 50.7 cm³/mol. The van der Waals surface area contributed by atoms with Crippen molar-refractivity contribution in [2.24, 2.45) is 5.92 Å². The largest absolute Gasteiger partial charge is 0.383 e. The van der Waals surface area contributed by atoms with Gasteiger partial charge in [-0.1, -0.05) is 13.8 Å². The maximum atomic E-state index is 11.3. The van der Waals surface area contributed by atoms with Crippen LogP contribution in [0.3, 0.4) is 0 Å². The first-order chi connectivity index (χ1) is 6.56. The minimum absolute atomic E-state index is 0.0357. The number of rotatable bonds is 4. The van der Waals surface area contributed by atoms with Gasteiger partial charge in [0.1, 0.15) is 6.54 Å². The molecule has 0 aromatic carbocycles. The van der Waals surface area contributed by atoms with E-state index >= 15 is 0 Å². The SMILES string of the molecule is COCC(C(C)C)N1CC(=O)NC1=O. The first-order valence-electron chi connectivity index (χ1n) is 4.65. The van der Waals surface area contributed by atoms with Crippen LogP contribution >= 0.6 is 0 Å². The fraction of sp³-hybridized carbons (Fsp3) is 0.778. The number of carbonyl (C=O) groups excluding carboxylic acids is 2. The summed E-state index contributed by atoms with van der Waals surface area (Å²) < 4.78 is 5.03. The summed E-state index contributed by atoms with van der Waals surface area (Å²) in [6.45, 7) is 4.60. The van der Waals surface area contributed by atoms with Crippen LogP contribution in [0, 0.1) is 5.92 Å². The highest BCUT2D eigenvalue weighted by Crippen LogP contribution is 2.13. The lowest BCUT2D eigenvalue weighted by Gasteiger charge is -2.28. The van der Waals surface area contributed by atoms with Gasteiger partial charge in [0.15, 0.2) is 0 Å². The molecule has 0 aliphatic carbocycles. The molecule has 80 valence electrons. The van der Waals surface area contributed by atoms with Crippen LogP contribution in [0.25, 0.3) is 0 Å². The van der Waals surface area contributed by atoms with E-state index in [1.807, 2.05) is 13.8 Å². The first kappa shape index (κ1) is 11.0. The third-order valence-electron chi connectivity index (χ3n) is 2.33. The molecule has 0 spiro atoms. The van der Waals surface area contributed by atoms with Crippen molar-refractivity contribution in [3.05, 3.63) is 0 Å². The molecule has 5 heteroatoms. The highest BCUT2D eigenvalue weighted by atomic mass is 16.5. The van der Waals surface area contributed by atoms with Gasteiger partial charge >= 0.3 is 6.03 Å². The molecular formula is C9H16N2O3. The Morgan fingerprint density at radius 3 is 2.50 bits per heavy atom. The molecule has 0 radical (unpaired) electrons. The van der Waals surface area contributed by atoms with Gasteiger partial charge in [0.05, 0.1) is 12.6 Å². The van der Waals surface area contributed by atoms with Crippen LogP contribution in [-0.2, 0) is 9.53 Å². The van der Waals surface area contributed by atoms with Gasteiger partial charge < -0.3 is 9.64 Å². The van der Waals surface area contributed by atoms with Crippen molar-refractivity contribution < 1.29 is 14.3 Å². The molecule has 1 rings (SSSR count). The maximum absolute atomic E-state index is 11.3. The molecule has 3 amide bonds. The predicted octanol–water partition coefficient (Wildman–Crippen LogP) is 0.209. The van der Waals surface area contributed by atoms with Crippen molar-refractivity contribution in [3.63, 3.8) is 0 Å². The Bertz CT molecular complexity index is 240. The molecule has 0 bridgehead atoms. The van der Waals surface area contributed by atoms with Crippen molar-refractivity contribution in [2.75, 3.05) is 20.3 Å². The molecule has 1 aliphatic heterocycles. The third kappa shape index (κ3) is 2.23. The van der Waals surface area contributed by atoms with Crippen LogP contribution in [-0.4, -0.2) is 43.1 Å². The average Bonchev–Trinajstić information content (AvgIpc) is 2.40. The molecule has 1 atom stereocenters. The Balaban J connectivity index is 2.68. The standard InChI is InChI=1S/C9H16N2O3/c1-6(2)7(5-14-3)11-4-8(12)10-9(11)13/h6-7H,4-5H2,1-3H3,(H,10,12,13). The molecule has 1 N–H and O–H groups in total. The zero-order valence-electron chi connectivity index (χ0n) is 8.74. The van der Waals surface area contributed by atoms with Gasteiger partial charge in [0, 0.05) is 7.11 Å². The van der Waals surface area contributed by atoms with E-state index in [9.17, 15) is 9.59 Å². The normalized spacial score (nSPS) is 19.0. The molecule has 5 nitrogen and oxygen atoms in total. The summed E-state index contributed by atoms with van der Waals surface area (Å²) >= 11 is 0. The van der Waals surface area contributed by atoms with Crippen LogP contribution in [0.15, 0.2) is 0 Å². The maximum Gasteiger partial charge on any atom is 0.324 e. The number of hydrogen-bond acceptors (Lipinski definition) is 3. The van der Waals surface area contributed by atoms with E-state index in [4.69, 9.17) is 4.74 Å². The molecule has 1 aliphatic rings. The second-order valence-corrected chi connectivity index (χ2v) is 3.75. The summed E-state index contributed by atoms with van der Waals surface area (Å²) in [5, 5.41) is 2.25. The molecule has 0 saturated carbocycles. The Morgan fingerprint density at radius 2 is 2.14 bits per heavy atom. The zero-order chi connectivity index (χ0) is 10.7. The first-order valence-corrected chi connectivity index (χ1v) is 4.65. The van der Waals surface area contributed by atoms with Crippen molar-refractivity contribution in [3.8, 4) is 0 Å². The summed E-state index contributed by atoms with van der Waals surface area (Å²) in [4.78, 5) is 23.8.